The van der Waals surface area contributed by atoms with E-state index >= 15 is 0 Å². The van der Waals surface area contributed by atoms with Crippen LogP contribution in [0.1, 0.15) is 33.5 Å². The van der Waals surface area contributed by atoms with Crippen LogP contribution in [0.3, 0.4) is 0 Å². The predicted molar refractivity (Wildman–Crippen MR) is 125 cm³/mol. The summed E-state index contributed by atoms with van der Waals surface area (Å²) in [4.78, 5) is 21.7. The van der Waals surface area contributed by atoms with Crippen molar-refractivity contribution < 1.29 is 17.6 Å². The van der Waals surface area contributed by atoms with Crippen molar-refractivity contribution in [1.29, 1.82) is 0 Å². The number of aliphatic imine (C=N–C) groups is 1. The molecule has 5 rings (SSSR count). The maximum absolute atomic E-state index is 13.7. The van der Waals surface area contributed by atoms with E-state index in [-0.39, 0.29) is 12.1 Å². The van der Waals surface area contributed by atoms with Crippen LogP contribution in [0, 0.1) is 12.7 Å². The van der Waals surface area contributed by atoms with E-state index in [4.69, 9.17) is 0 Å². The molecule has 0 saturated heterocycles. The zero-order valence-corrected chi connectivity index (χ0v) is 18.6. The highest BCUT2D eigenvalue weighted by molar-refractivity contribution is 6.15. The third-order valence-corrected chi connectivity index (χ3v) is 5.91. The van der Waals surface area contributed by atoms with Crippen molar-refractivity contribution in [3.8, 4) is 11.1 Å². The summed E-state index contributed by atoms with van der Waals surface area (Å²) in [7, 11) is 0. The molecular weight excluding hydrogens is 458 g/mol. The van der Waals surface area contributed by atoms with E-state index in [0.29, 0.717) is 18.2 Å². The molecule has 0 unspecified atom stereocenters. The third-order valence-electron chi connectivity index (χ3n) is 5.91. The molecular formula is C27H19F4N3O. The van der Waals surface area contributed by atoms with Gasteiger partial charge in [0, 0.05) is 35.3 Å². The van der Waals surface area contributed by atoms with Gasteiger partial charge in [-0.3, -0.25) is 14.8 Å². The number of aromatic nitrogens is 2. The van der Waals surface area contributed by atoms with Crippen molar-refractivity contribution in [3.63, 3.8) is 0 Å². The van der Waals surface area contributed by atoms with Crippen molar-refractivity contribution in [3.05, 3.63) is 123 Å². The molecule has 8 heteroatoms. The fourth-order valence-corrected chi connectivity index (χ4v) is 4.22. The molecule has 0 bridgehead atoms. The Labute approximate surface area is 198 Å². The van der Waals surface area contributed by atoms with Gasteiger partial charge in [0.2, 0.25) is 0 Å². The van der Waals surface area contributed by atoms with E-state index in [1.807, 2.05) is 37.3 Å². The molecule has 176 valence electrons. The second-order valence-corrected chi connectivity index (χ2v) is 8.45. The number of alkyl halides is 3. The van der Waals surface area contributed by atoms with Crippen molar-refractivity contribution in [2.75, 3.05) is 0 Å². The standard InChI is InChI=1S/C27H19F4N3O/c1-16-8-20(4-6-32-16)26-24-11-18(2-3-21(24)14-33-26)19-5-7-34(25(35)12-19)15-17-9-22(27(29,30)31)13-23(28)10-17/h2-13H,14-15H2,1H3. The smallest absolute Gasteiger partial charge is 0.311 e. The zero-order valence-electron chi connectivity index (χ0n) is 18.6. The first-order valence-electron chi connectivity index (χ1n) is 10.9. The minimum absolute atomic E-state index is 0.0539. The highest BCUT2D eigenvalue weighted by atomic mass is 19.4. The van der Waals surface area contributed by atoms with Gasteiger partial charge in [0.1, 0.15) is 5.82 Å². The van der Waals surface area contributed by atoms with Gasteiger partial charge in [0.15, 0.2) is 0 Å². The van der Waals surface area contributed by atoms with Gasteiger partial charge in [-0.05, 0) is 71.6 Å². The van der Waals surface area contributed by atoms with Crippen LogP contribution < -0.4 is 5.56 Å². The molecule has 2 aromatic carbocycles. The van der Waals surface area contributed by atoms with E-state index in [1.165, 1.54) is 16.8 Å². The van der Waals surface area contributed by atoms with Crippen molar-refractivity contribution in [2.24, 2.45) is 4.99 Å². The van der Waals surface area contributed by atoms with Crippen molar-refractivity contribution in [1.82, 2.24) is 9.55 Å². The number of aryl methyl sites for hydroxylation is 1. The number of halogens is 4. The second-order valence-electron chi connectivity index (χ2n) is 8.45. The quantitative estimate of drug-likeness (QED) is 0.350. The number of fused-ring (bicyclic) bond motifs is 1. The Morgan fingerprint density at radius 1 is 0.943 bits per heavy atom. The fraction of sp³-hybridized carbons (Fsp3) is 0.148. The normalized spacial score (nSPS) is 13.0. The van der Waals surface area contributed by atoms with Crippen LogP contribution in [0.25, 0.3) is 11.1 Å². The Balaban J connectivity index is 1.44. The average Bonchev–Trinajstić information content (AvgIpc) is 3.23. The predicted octanol–water partition coefficient (Wildman–Crippen LogP) is 5.78. The zero-order chi connectivity index (χ0) is 24.7. The van der Waals surface area contributed by atoms with E-state index in [2.05, 4.69) is 9.98 Å². The monoisotopic (exact) mass is 477 g/mol. The van der Waals surface area contributed by atoms with Gasteiger partial charge in [-0.2, -0.15) is 13.2 Å². The van der Waals surface area contributed by atoms with E-state index in [1.54, 1.807) is 12.3 Å². The molecule has 0 aliphatic carbocycles. The van der Waals surface area contributed by atoms with Gasteiger partial charge >= 0.3 is 6.18 Å². The molecule has 1 aliphatic heterocycles. The molecule has 0 atom stereocenters. The third kappa shape index (κ3) is 4.64. The Bertz CT molecular complexity index is 1540. The van der Waals surface area contributed by atoms with Crippen LogP contribution in [0.5, 0.6) is 0 Å². The number of rotatable bonds is 4. The molecule has 0 N–H and O–H groups in total. The minimum Gasteiger partial charge on any atom is -0.311 e. The summed E-state index contributed by atoms with van der Waals surface area (Å²) in [5.74, 6) is -1.00. The largest absolute Gasteiger partial charge is 0.416 e. The fourth-order valence-electron chi connectivity index (χ4n) is 4.22. The highest BCUT2D eigenvalue weighted by Gasteiger charge is 2.31. The van der Waals surface area contributed by atoms with Gasteiger partial charge in [0.25, 0.3) is 5.56 Å². The van der Waals surface area contributed by atoms with Gasteiger partial charge in [-0.1, -0.05) is 12.1 Å². The number of benzene rings is 2. The van der Waals surface area contributed by atoms with Crippen molar-refractivity contribution in [2.45, 2.75) is 26.2 Å². The van der Waals surface area contributed by atoms with E-state index in [9.17, 15) is 22.4 Å². The van der Waals surface area contributed by atoms with Gasteiger partial charge in [-0.25, -0.2) is 4.39 Å². The lowest BCUT2D eigenvalue weighted by atomic mass is 9.96. The summed E-state index contributed by atoms with van der Waals surface area (Å²) in [5, 5.41) is 0. The van der Waals surface area contributed by atoms with Crippen LogP contribution in [0.2, 0.25) is 0 Å². The molecule has 0 fully saturated rings. The van der Waals surface area contributed by atoms with Gasteiger partial charge in [-0.15, -0.1) is 0 Å². The van der Waals surface area contributed by atoms with Crippen molar-refractivity contribution >= 4 is 5.71 Å². The number of pyridine rings is 2. The molecule has 4 aromatic rings. The Morgan fingerprint density at radius 2 is 1.74 bits per heavy atom. The van der Waals surface area contributed by atoms with Gasteiger partial charge in [0.05, 0.1) is 24.4 Å². The minimum atomic E-state index is -4.67. The van der Waals surface area contributed by atoms with Gasteiger partial charge < -0.3 is 4.57 Å². The van der Waals surface area contributed by atoms with E-state index < -0.39 is 23.1 Å². The Kier molecular flexibility index (Phi) is 5.59. The van der Waals surface area contributed by atoms with Crippen LogP contribution >= 0.6 is 0 Å². The average molecular weight is 477 g/mol. The van der Waals surface area contributed by atoms with Crippen LogP contribution in [0.4, 0.5) is 17.6 Å². The summed E-state index contributed by atoms with van der Waals surface area (Å²) in [5.41, 5.74) is 4.84. The molecule has 0 amide bonds. The van der Waals surface area contributed by atoms with Crippen LogP contribution in [0.15, 0.2) is 82.8 Å². The first-order valence-corrected chi connectivity index (χ1v) is 10.9. The van der Waals surface area contributed by atoms with Crippen LogP contribution in [-0.4, -0.2) is 15.3 Å². The number of hydrogen-bond donors (Lipinski definition) is 0. The highest BCUT2D eigenvalue weighted by Crippen LogP contribution is 2.31. The number of hydrogen-bond acceptors (Lipinski definition) is 3. The molecule has 35 heavy (non-hydrogen) atoms. The lowest BCUT2D eigenvalue weighted by Crippen LogP contribution is -2.19. The summed E-state index contributed by atoms with van der Waals surface area (Å²) >= 11 is 0. The molecule has 0 spiro atoms. The van der Waals surface area contributed by atoms with E-state index in [0.717, 1.165) is 45.8 Å². The number of nitrogens with zero attached hydrogens (tertiary/aromatic N) is 3. The summed E-state index contributed by atoms with van der Waals surface area (Å²) in [6.07, 6.45) is -1.43. The maximum Gasteiger partial charge on any atom is 0.416 e. The first kappa shape index (κ1) is 22.7. The Hall–Kier alpha value is -4.07. The molecule has 1 aliphatic rings. The summed E-state index contributed by atoms with van der Waals surface area (Å²) in [6.45, 7) is 2.31. The Morgan fingerprint density at radius 3 is 2.49 bits per heavy atom. The van der Waals surface area contributed by atoms with Crippen LogP contribution in [-0.2, 0) is 19.3 Å². The lowest BCUT2D eigenvalue weighted by Gasteiger charge is -2.12. The molecule has 0 radical (unpaired) electrons. The molecule has 4 nitrogen and oxygen atoms in total. The molecule has 3 heterocycles. The first-order chi connectivity index (χ1) is 16.7. The molecule has 2 aromatic heterocycles. The maximum atomic E-state index is 13.7. The topological polar surface area (TPSA) is 47.2 Å². The summed E-state index contributed by atoms with van der Waals surface area (Å²) < 4.78 is 54.0. The summed E-state index contributed by atoms with van der Waals surface area (Å²) in [6, 6.07) is 15.2. The SMILES string of the molecule is Cc1cc(C2=NCc3ccc(-c4ccn(Cc5cc(F)cc(C(F)(F)F)c5)c(=O)c4)cc32)ccn1. The lowest BCUT2D eigenvalue weighted by molar-refractivity contribution is -0.137. The molecule has 0 saturated carbocycles. The second kappa shape index (κ2) is 8.61.